The lowest BCUT2D eigenvalue weighted by molar-refractivity contribution is -0.0104. The summed E-state index contributed by atoms with van der Waals surface area (Å²) in [4.78, 5) is 0. The van der Waals surface area contributed by atoms with Crippen LogP contribution in [0.25, 0.3) is 0 Å². The SMILES string of the molecule is COC(C)(CN)CC1CCCCC1. The van der Waals surface area contributed by atoms with Crippen molar-refractivity contribution in [1.29, 1.82) is 0 Å². The van der Waals surface area contributed by atoms with Crippen LogP contribution in [-0.2, 0) is 4.74 Å². The van der Waals surface area contributed by atoms with E-state index in [0.717, 1.165) is 12.3 Å². The first-order valence-corrected chi connectivity index (χ1v) is 5.45. The summed E-state index contributed by atoms with van der Waals surface area (Å²) in [6.07, 6.45) is 8.10. The normalized spacial score (nSPS) is 24.2. The standard InChI is InChI=1S/C11H23NO/c1-11(9-12,13-2)8-10-6-4-3-5-7-10/h10H,3-9,12H2,1-2H3. The van der Waals surface area contributed by atoms with Gasteiger partial charge in [0.2, 0.25) is 0 Å². The summed E-state index contributed by atoms with van der Waals surface area (Å²) >= 11 is 0. The zero-order chi connectivity index (χ0) is 9.73. The van der Waals surface area contributed by atoms with Crippen LogP contribution in [0.2, 0.25) is 0 Å². The van der Waals surface area contributed by atoms with E-state index in [9.17, 15) is 0 Å². The Labute approximate surface area is 81.8 Å². The van der Waals surface area contributed by atoms with Gasteiger partial charge in [0.15, 0.2) is 0 Å². The Kier molecular flexibility index (Phi) is 4.20. The molecule has 1 rings (SSSR count). The highest BCUT2D eigenvalue weighted by Gasteiger charge is 2.27. The predicted octanol–water partition coefficient (Wildman–Crippen LogP) is 2.32. The Bertz CT molecular complexity index is 137. The molecule has 0 saturated heterocycles. The van der Waals surface area contributed by atoms with Crippen molar-refractivity contribution in [2.75, 3.05) is 13.7 Å². The van der Waals surface area contributed by atoms with Gasteiger partial charge in [0.1, 0.15) is 0 Å². The molecule has 2 heteroatoms. The maximum Gasteiger partial charge on any atom is 0.0775 e. The first kappa shape index (κ1) is 11.0. The van der Waals surface area contributed by atoms with Crippen LogP contribution in [0, 0.1) is 5.92 Å². The average Bonchev–Trinajstić information content (AvgIpc) is 2.19. The maximum absolute atomic E-state index is 5.71. The molecule has 1 unspecified atom stereocenters. The van der Waals surface area contributed by atoms with Crippen molar-refractivity contribution in [1.82, 2.24) is 0 Å². The van der Waals surface area contributed by atoms with Gasteiger partial charge in [-0.15, -0.1) is 0 Å². The molecule has 1 saturated carbocycles. The smallest absolute Gasteiger partial charge is 0.0775 e. The molecule has 0 spiro atoms. The van der Waals surface area contributed by atoms with Crippen molar-refractivity contribution >= 4 is 0 Å². The molecule has 1 aliphatic carbocycles. The summed E-state index contributed by atoms with van der Waals surface area (Å²) in [5, 5.41) is 0. The molecule has 0 aliphatic heterocycles. The molecule has 1 atom stereocenters. The molecule has 2 N–H and O–H groups in total. The van der Waals surface area contributed by atoms with Crippen molar-refractivity contribution in [2.24, 2.45) is 11.7 Å². The lowest BCUT2D eigenvalue weighted by Crippen LogP contribution is -2.38. The van der Waals surface area contributed by atoms with Gasteiger partial charge in [0.05, 0.1) is 5.60 Å². The zero-order valence-electron chi connectivity index (χ0n) is 9.01. The molecule has 2 nitrogen and oxygen atoms in total. The summed E-state index contributed by atoms with van der Waals surface area (Å²) < 4.78 is 5.46. The summed E-state index contributed by atoms with van der Waals surface area (Å²) in [5.41, 5.74) is 5.63. The number of ether oxygens (including phenoxy) is 1. The fraction of sp³-hybridized carbons (Fsp3) is 1.00. The van der Waals surface area contributed by atoms with Crippen molar-refractivity contribution in [2.45, 2.75) is 51.0 Å². The lowest BCUT2D eigenvalue weighted by Gasteiger charge is -2.32. The third-order valence-electron chi connectivity index (χ3n) is 3.37. The monoisotopic (exact) mass is 185 g/mol. The highest BCUT2D eigenvalue weighted by Crippen LogP contribution is 2.31. The topological polar surface area (TPSA) is 35.2 Å². The number of rotatable bonds is 4. The van der Waals surface area contributed by atoms with Crippen LogP contribution in [0.1, 0.15) is 45.4 Å². The quantitative estimate of drug-likeness (QED) is 0.729. The van der Waals surface area contributed by atoms with Crippen LogP contribution < -0.4 is 5.73 Å². The van der Waals surface area contributed by atoms with Gasteiger partial charge in [-0.1, -0.05) is 32.1 Å². The molecule has 1 aliphatic rings. The summed E-state index contributed by atoms with van der Waals surface area (Å²) in [7, 11) is 1.77. The Balaban J connectivity index is 2.35. The molecular weight excluding hydrogens is 162 g/mol. The molecule has 78 valence electrons. The van der Waals surface area contributed by atoms with Crippen molar-refractivity contribution in [3.8, 4) is 0 Å². The van der Waals surface area contributed by atoms with Gasteiger partial charge >= 0.3 is 0 Å². The van der Waals surface area contributed by atoms with Crippen LogP contribution in [0.3, 0.4) is 0 Å². The fourth-order valence-electron chi connectivity index (χ4n) is 2.25. The highest BCUT2D eigenvalue weighted by atomic mass is 16.5. The van der Waals surface area contributed by atoms with E-state index < -0.39 is 0 Å². The largest absolute Gasteiger partial charge is 0.377 e. The molecule has 0 heterocycles. The minimum atomic E-state index is -0.0813. The minimum absolute atomic E-state index is 0.0813. The lowest BCUT2D eigenvalue weighted by atomic mass is 9.81. The van der Waals surface area contributed by atoms with Gasteiger partial charge in [0, 0.05) is 13.7 Å². The van der Waals surface area contributed by atoms with E-state index >= 15 is 0 Å². The third-order valence-corrected chi connectivity index (χ3v) is 3.37. The molecule has 0 aromatic rings. The average molecular weight is 185 g/mol. The van der Waals surface area contributed by atoms with Crippen molar-refractivity contribution < 1.29 is 4.74 Å². The summed E-state index contributed by atoms with van der Waals surface area (Å²) in [5.74, 6) is 0.849. The molecule has 0 amide bonds. The van der Waals surface area contributed by atoms with E-state index in [1.54, 1.807) is 7.11 Å². The second-order valence-corrected chi connectivity index (χ2v) is 4.57. The second-order valence-electron chi connectivity index (χ2n) is 4.57. The summed E-state index contributed by atoms with van der Waals surface area (Å²) in [6.45, 7) is 2.77. The number of nitrogens with two attached hydrogens (primary N) is 1. The Morgan fingerprint density at radius 2 is 1.92 bits per heavy atom. The number of methoxy groups -OCH3 is 1. The molecule has 0 aromatic heterocycles. The van der Waals surface area contributed by atoms with E-state index in [1.165, 1.54) is 32.1 Å². The Hall–Kier alpha value is -0.0800. The second kappa shape index (κ2) is 4.97. The molecule has 1 fully saturated rings. The van der Waals surface area contributed by atoms with Gasteiger partial charge in [-0.3, -0.25) is 0 Å². The van der Waals surface area contributed by atoms with Crippen LogP contribution in [0.15, 0.2) is 0 Å². The van der Waals surface area contributed by atoms with Gasteiger partial charge in [0.25, 0.3) is 0 Å². The number of hydrogen-bond acceptors (Lipinski definition) is 2. The van der Waals surface area contributed by atoms with E-state index in [4.69, 9.17) is 10.5 Å². The fourth-order valence-corrected chi connectivity index (χ4v) is 2.25. The maximum atomic E-state index is 5.71. The molecule has 13 heavy (non-hydrogen) atoms. The van der Waals surface area contributed by atoms with Crippen LogP contribution in [0.5, 0.6) is 0 Å². The first-order valence-electron chi connectivity index (χ1n) is 5.45. The van der Waals surface area contributed by atoms with Gasteiger partial charge < -0.3 is 10.5 Å². The summed E-state index contributed by atoms with van der Waals surface area (Å²) in [6, 6.07) is 0. The van der Waals surface area contributed by atoms with Crippen molar-refractivity contribution in [3.05, 3.63) is 0 Å². The van der Waals surface area contributed by atoms with Crippen LogP contribution in [-0.4, -0.2) is 19.3 Å². The highest BCUT2D eigenvalue weighted by molar-refractivity contribution is 4.81. The van der Waals surface area contributed by atoms with Gasteiger partial charge in [-0.25, -0.2) is 0 Å². The van der Waals surface area contributed by atoms with Crippen LogP contribution in [0.4, 0.5) is 0 Å². The Morgan fingerprint density at radius 1 is 1.31 bits per heavy atom. The third kappa shape index (κ3) is 3.28. The van der Waals surface area contributed by atoms with E-state index in [-0.39, 0.29) is 5.60 Å². The predicted molar refractivity (Wildman–Crippen MR) is 55.7 cm³/mol. The minimum Gasteiger partial charge on any atom is -0.377 e. The first-order chi connectivity index (χ1) is 6.20. The van der Waals surface area contributed by atoms with Gasteiger partial charge in [-0.05, 0) is 19.3 Å². The van der Waals surface area contributed by atoms with E-state index in [2.05, 4.69) is 6.92 Å². The van der Waals surface area contributed by atoms with Gasteiger partial charge in [-0.2, -0.15) is 0 Å². The van der Waals surface area contributed by atoms with E-state index in [1.807, 2.05) is 0 Å². The molecular formula is C11H23NO. The molecule has 0 bridgehead atoms. The molecule has 0 radical (unpaired) electrons. The van der Waals surface area contributed by atoms with E-state index in [0.29, 0.717) is 6.54 Å². The van der Waals surface area contributed by atoms with Crippen molar-refractivity contribution in [3.63, 3.8) is 0 Å². The number of hydrogen-bond donors (Lipinski definition) is 1. The van der Waals surface area contributed by atoms with Crippen LogP contribution >= 0.6 is 0 Å². The molecule has 0 aromatic carbocycles. The Morgan fingerprint density at radius 3 is 2.38 bits per heavy atom. The zero-order valence-corrected chi connectivity index (χ0v) is 9.01.